The summed E-state index contributed by atoms with van der Waals surface area (Å²) in [4.78, 5) is 3.93. The van der Waals surface area contributed by atoms with Crippen molar-refractivity contribution in [3.8, 4) is 5.69 Å². The van der Waals surface area contributed by atoms with Crippen LogP contribution in [0.25, 0.3) is 63.8 Å². The van der Waals surface area contributed by atoms with E-state index in [9.17, 15) is 0 Å². The Labute approximate surface area is 274 Å². The van der Waals surface area contributed by atoms with Gasteiger partial charge in [-0.1, -0.05) is 78.9 Å². The minimum absolute atomic E-state index is 1.13. The van der Waals surface area contributed by atoms with Gasteiger partial charge in [0.25, 0.3) is 0 Å². The van der Waals surface area contributed by atoms with Crippen molar-refractivity contribution in [3.63, 3.8) is 0 Å². The van der Waals surface area contributed by atoms with E-state index < -0.39 is 0 Å². The Hall–Kier alpha value is -5.16. The minimum Gasteiger partial charge on any atom is -0.310 e. The SMILES string of the molecule is C1=Cc2c(sc3cc(N(c4ccc(-n5c6ccccc6c6ccccc65)cc4)c4ccc5c(c4)sc4ccccc45)ccc23)CC1. The topological polar surface area (TPSA) is 8.17 Å². The van der Waals surface area contributed by atoms with Crippen LogP contribution in [0, 0.1) is 0 Å². The molecule has 0 fully saturated rings. The quantitative estimate of drug-likeness (QED) is 0.189. The number of para-hydroxylation sites is 2. The van der Waals surface area contributed by atoms with E-state index >= 15 is 0 Å². The van der Waals surface area contributed by atoms with E-state index in [-0.39, 0.29) is 0 Å². The van der Waals surface area contributed by atoms with Crippen LogP contribution >= 0.6 is 22.7 Å². The molecule has 3 aromatic heterocycles. The second-order valence-electron chi connectivity index (χ2n) is 12.1. The lowest BCUT2D eigenvalue weighted by Crippen LogP contribution is -2.10. The number of rotatable bonds is 4. The van der Waals surface area contributed by atoms with E-state index in [4.69, 9.17) is 0 Å². The van der Waals surface area contributed by atoms with Crippen LogP contribution in [-0.2, 0) is 6.42 Å². The van der Waals surface area contributed by atoms with Crippen LogP contribution in [0.4, 0.5) is 17.1 Å². The van der Waals surface area contributed by atoms with Gasteiger partial charge in [-0.3, -0.25) is 0 Å². The Kier molecular flexibility index (Phi) is 5.77. The predicted octanol–water partition coefficient (Wildman–Crippen LogP) is 12.8. The van der Waals surface area contributed by atoms with Crippen molar-refractivity contribution in [1.29, 1.82) is 0 Å². The molecule has 10 rings (SSSR count). The molecule has 2 nitrogen and oxygen atoms in total. The Morgan fingerprint density at radius 1 is 0.500 bits per heavy atom. The van der Waals surface area contributed by atoms with E-state index in [1.807, 2.05) is 22.7 Å². The zero-order chi connectivity index (χ0) is 30.2. The second-order valence-corrected chi connectivity index (χ2v) is 14.3. The molecule has 0 unspecified atom stereocenters. The maximum atomic E-state index is 2.42. The number of hydrogen-bond acceptors (Lipinski definition) is 3. The molecule has 0 saturated carbocycles. The fourth-order valence-corrected chi connectivity index (χ4v) is 9.71. The van der Waals surface area contributed by atoms with Crippen molar-refractivity contribution in [2.24, 2.45) is 0 Å². The molecule has 9 aromatic rings. The van der Waals surface area contributed by atoms with Gasteiger partial charge in [0.1, 0.15) is 0 Å². The van der Waals surface area contributed by atoms with E-state index in [0.29, 0.717) is 0 Å². The van der Waals surface area contributed by atoms with Crippen LogP contribution < -0.4 is 4.90 Å². The molecule has 0 radical (unpaired) electrons. The zero-order valence-electron chi connectivity index (χ0n) is 25.0. The van der Waals surface area contributed by atoms with Crippen LogP contribution in [0.15, 0.2) is 140 Å². The molecule has 0 aliphatic heterocycles. The van der Waals surface area contributed by atoms with Crippen molar-refractivity contribution in [2.45, 2.75) is 12.8 Å². The number of allylic oxidation sites excluding steroid dienone is 1. The predicted molar refractivity (Wildman–Crippen MR) is 201 cm³/mol. The fourth-order valence-electron chi connectivity index (χ4n) is 7.33. The third kappa shape index (κ3) is 3.94. The van der Waals surface area contributed by atoms with Gasteiger partial charge in [0, 0.05) is 68.7 Å². The molecule has 0 spiro atoms. The maximum Gasteiger partial charge on any atom is 0.0541 e. The summed E-state index contributed by atoms with van der Waals surface area (Å²) >= 11 is 3.82. The molecule has 4 heteroatoms. The lowest BCUT2D eigenvalue weighted by atomic mass is 10.0. The van der Waals surface area contributed by atoms with Gasteiger partial charge in [0.2, 0.25) is 0 Å². The van der Waals surface area contributed by atoms with Crippen LogP contribution in [0.1, 0.15) is 16.9 Å². The summed E-state index contributed by atoms with van der Waals surface area (Å²) in [6.07, 6.45) is 6.90. The summed E-state index contributed by atoms with van der Waals surface area (Å²) in [5.74, 6) is 0. The van der Waals surface area contributed by atoms with Crippen molar-refractivity contribution < 1.29 is 0 Å². The number of anilines is 3. The molecule has 0 N–H and O–H groups in total. The number of aryl methyl sites for hydroxylation is 1. The molecule has 3 heterocycles. The van der Waals surface area contributed by atoms with Gasteiger partial charge in [-0.15, -0.1) is 22.7 Å². The van der Waals surface area contributed by atoms with Crippen molar-refractivity contribution in [1.82, 2.24) is 4.57 Å². The summed E-state index contributed by atoms with van der Waals surface area (Å²) < 4.78 is 6.38. The largest absolute Gasteiger partial charge is 0.310 e. The third-order valence-electron chi connectivity index (χ3n) is 9.44. The average Bonchev–Trinajstić information content (AvgIpc) is 3.78. The van der Waals surface area contributed by atoms with Gasteiger partial charge in [-0.2, -0.15) is 0 Å². The molecule has 0 bridgehead atoms. The zero-order valence-corrected chi connectivity index (χ0v) is 26.6. The molecule has 218 valence electrons. The highest BCUT2D eigenvalue weighted by atomic mass is 32.1. The molecule has 1 aliphatic rings. The van der Waals surface area contributed by atoms with E-state index in [1.165, 1.54) is 73.9 Å². The number of hydrogen-bond donors (Lipinski definition) is 0. The smallest absolute Gasteiger partial charge is 0.0541 e. The van der Waals surface area contributed by atoms with Crippen molar-refractivity contribution in [3.05, 3.63) is 150 Å². The highest BCUT2D eigenvalue weighted by molar-refractivity contribution is 7.25. The highest BCUT2D eigenvalue weighted by Crippen LogP contribution is 2.44. The van der Waals surface area contributed by atoms with Gasteiger partial charge < -0.3 is 9.47 Å². The molecule has 0 saturated heterocycles. The van der Waals surface area contributed by atoms with Crippen LogP contribution in [0.5, 0.6) is 0 Å². The molecular formula is C42H28N2S2. The Morgan fingerprint density at radius 3 is 1.83 bits per heavy atom. The van der Waals surface area contributed by atoms with Crippen molar-refractivity contribution in [2.75, 3.05) is 4.90 Å². The Morgan fingerprint density at radius 2 is 1.09 bits per heavy atom. The van der Waals surface area contributed by atoms with E-state index in [0.717, 1.165) is 24.2 Å². The van der Waals surface area contributed by atoms with Crippen LogP contribution in [-0.4, -0.2) is 4.57 Å². The molecule has 0 amide bonds. The monoisotopic (exact) mass is 624 g/mol. The first-order chi connectivity index (χ1) is 22.8. The lowest BCUT2D eigenvalue weighted by Gasteiger charge is -2.26. The molecule has 46 heavy (non-hydrogen) atoms. The first-order valence-electron chi connectivity index (χ1n) is 15.8. The maximum absolute atomic E-state index is 2.42. The summed E-state index contributed by atoms with van der Waals surface area (Å²) in [7, 11) is 0. The minimum atomic E-state index is 1.13. The van der Waals surface area contributed by atoms with E-state index in [2.05, 4.69) is 155 Å². The van der Waals surface area contributed by atoms with Crippen LogP contribution in [0.2, 0.25) is 0 Å². The molecule has 1 aliphatic carbocycles. The number of benzene rings is 6. The summed E-state index contributed by atoms with van der Waals surface area (Å²) in [5, 5.41) is 6.57. The Balaban J connectivity index is 1.15. The lowest BCUT2D eigenvalue weighted by molar-refractivity contribution is 1.02. The number of nitrogens with zero attached hydrogens (tertiary/aromatic N) is 2. The van der Waals surface area contributed by atoms with Gasteiger partial charge in [-0.05, 0) is 85.1 Å². The summed E-state index contributed by atoms with van der Waals surface area (Å²) in [5.41, 5.74) is 8.52. The normalized spacial score (nSPS) is 13.0. The summed E-state index contributed by atoms with van der Waals surface area (Å²) in [6.45, 7) is 0. The van der Waals surface area contributed by atoms with E-state index in [1.54, 1.807) is 0 Å². The standard InChI is InChI=1S/C42H28N2S2/c1-5-13-37-31(9-1)32-10-2-6-14-38(32)44(37)28-19-17-27(18-20-28)43(29-21-23-35-33-11-3-7-15-39(33)45-41(35)25-29)30-22-24-36-34-12-4-8-16-40(34)46-42(36)26-30/h1-7,9-15,17-26H,8,16H2. The fraction of sp³-hybridized carbons (Fsp3) is 0.0476. The highest BCUT2D eigenvalue weighted by Gasteiger charge is 2.19. The Bertz CT molecular complexity index is 2600. The van der Waals surface area contributed by atoms with Gasteiger partial charge in [-0.25, -0.2) is 0 Å². The summed E-state index contributed by atoms with van der Waals surface area (Å²) in [6, 6.07) is 49.2. The third-order valence-corrected chi connectivity index (χ3v) is 11.8. The van der Waals surface area contributed by atoms with Gasteiger partial charge in [0.15, 0.2) is 0 Å². The van der Waals surface area contributed by atoms with Gasteiger partial charge in [0.05, 0.1) is 11.0 Å². The first-order valence-corrected chi connectivity index (χ1v) is 17.5. The number of aromatic nitrogens is 1. The van der Waals surface area contributed by atoms with Gasteiger partial charge >= 0.3 is 0 Å². The molecule has 0 atom stereocenters. The van der Waals surface area contributed by atoms with Crippen molar-refractivity contribution >= 4 is 97.9 Å². The first kappa shape index (κ1) is 26.1. The molecular weight excluding hydrogens is 597 g/mol. The number of thiophene rings is 2. The molecule has 6 aromatic carbocycles. The van der Waals surface area contributed by atoms with Crippen LogP contribution in [0.3, 0.4) is 0 Å². The number of fused-ring (bicyclic) bond motifs is 9. The second kappa shape index (κ2) is 10.2. The average molecular weight is 625 g/mol.